The summed E-state index contributed by atoms with van der Waals surface area (Å²) in [5.41, 5.74) is 6.63. The Hall–Kier alpha value is -2.91. The second-order valence-electron chi connectivity index (χ2n) is 6.38. The van der Waals surface area contributed by atoms with E-state index in [9.17, 15) is 19.5 Å². The molecule has 0 aliphatic heterocycles. The number of amides is 1. The molecule has 0 aliphatic rings. The lowest BCUT2D eigenvalue weighted by Crippen LogP contribution is -2.41. The summed E-state index contributed by atoms with van der Waals surface area (Å²) in [6.45, 7) is -0.00338. The fourth-order valence-electron chi connectivity index (χ4n) is 2.72. The van der Waals surface area contributed by atoms with Gasteiger partial charge in [0.05, 0.1) is 13.2 Å². The van der Waals surface area contributed by atoms with Crippen molar-refractivity contribution in [3.8, 4) is 5.75 Å². The van der Waals surface area contributed by atoms with Gasteiger partial charge >= 0.3 is 11.9 Å². The smallest absolute Gasteiger partial charge is 0.323 e. The average Bonchev–Trinajstić information content (AvgIpc) is 3.19. The van der Waals surface area contributed by atoms with Gasteiger partial charge in [-0.05, 0) is 30.4 Å². The predicted octanol–water partition coefficient (Wildman–Crippen LogP) is 2.50. The van der Waals surface area contributed by atoms with E-state index in [-0.39, 0.29) is 13.0 Å². The van der Waals surface area contributed by atoms with Gasteiger partial charge in [0.25, 0.3) is 0 Å². The molecule has 1 atom stereocenters. The number of ether oxygens (including phenoxy) is 1. The van der Waals surface area contributed by atoms with Gasteiger partial charge in [-0.25, -0.2) is 0 Å². The van der Waals surface area contributed by atoms with Crippen LogP contribution in [0, 0.1) is 0 Å². The highest BCUT2D eigenvalue weighted by molar-refractivity contribution is 7.09. The third-order valence-electron chi connectivity index (χ3n) is 4.13. The standard InChI is InChI=1S/C20H24N2O6S/c21-19(20(27)22(13-18(25)26)12-14-6-5-11-29-14)15-7-1-2-8-16(15)28-10-4-3-9-17(23)24/h1-2,5-8,11,19H,3-4,9-10,12-13,21H2,(H,23,24)(H,25,26)/t19-/m0/s1. The molecule has 2 aromatic rings. The molecule has 0 saturated carbocycles. The molecule has 29 heavy (non-hydrogen) atoms. The Kier molecular flexibility index (Phi) is 8.63. The number of hydrogen-bond donors (Lipinski definition) is 3. The first-order valence-corrected chi connectivity index (χ1v) is 9.98. The molecule has 4 N–H and O–H groups in total. The number of benzene rings is 1. The largest absolute Gasteiger partial charge is 0.493 e. The molecule has 8 nitrogen and oxygen atoms in total. The number of carboxylic acid groups (broad SMARTS) is 2. The fraction of sp³-hybridized carbons (Fsp3) is 0.350. The van der Waals surface area contributed by atoms with Gasteiger partial charge in [0.15, 0.2) is 0 Å². The molecule has 9 heteroatoms. The minimum atomic E-state index is -1.12. The molecule has 2 rings (SSSR count). The van der Waals surface area contributed by atoms with Crippen molar-refractivity contribution in [1.29, 1.82) is 0 Å². The quantitative estimate of drug-likeness (QED) is 0.450. The molecule has 0 radical (unpaired) electrons. The van der Waals surface area contributed by atoms with E-state index in [1.54, 1.807) is 24.3 Å². The van der Waals surface area contributed by atoms with E-state index in [2.05, 4.69) is 0 Å². The molecule has 0 spiro atoms. The number of nitrogens with two attached hydrogens (primary N) is 1. The SMILES string of the molecule is N[C@H](C(=O)N(CC(=O)O)Cc1cccs1)c1ccccc1OCCCCC(=O)O. The Labute approximate surface area is 172 Å². The van der Waals surface area contributed by atoms with Crippen LogP contribution in [-0.4, -0.2) is 46.1 Å². The maximum absolute atomic E-state index is 12.9. The lowest BCUT2D eigenvalue weighted by molar-refractivity contribution is -0.145. The fourth-order valence-corrected chi connectivity index (χ4v) is 3.44. The van der Waals surface area contributed by atoms with E-state index >= 15 is 0 Å². The number of nitrogens with zero attached hydrogens (tertiary/aromatic N) is 1. The molecular weight excluding hydrogens is 396 g/mol. The Balaban J connectivity index is 2.08. The monoisotopic (exact) mass is 420 g/mol. The summed E-state index contributed by atoms with van der Waals surface area (Å²) in [5.74, 6) is -2.06. The highest BCUT2D eigenvalue weighted by atomic mass is 32.1. The van der Waals surface area contributed by atoms with Crippen molar-refractivity contribution in [3.05, 3.63) is 52.2 Å². The highest BCUT2D eigenvalue weighted by Gasteiger charge is 2.27. The zero-order valence-electron chi connectivity index (χ0n) is 15.8. The first-order valence-electron chi connectivity index (χ1n) is 9.10. The highest BCUT2D eigenvalue weighted by Crippen LogP contribution is 2.26. The van der Waals surface area contributed by atoms with Crippen molar-refractivity contribution in [2.45, 2.75) is 31.8 Å². The molecule has 1 aromatic heterocycles. The third-order valence-corrected chi connectivity index (χ3v) is 4.99. The van der Waals surface area contributed by atoms with Crippen molar-refractivity contribution in [2.75, 3.05) is 13.2 Å². The second kappa shape index (κ2) is 11.2. The van der Waals surface area contributed by atoms with Crippen LogP contribution in [0.15, 0.2) is 41.8 Å². The van der Waals surface area contributed by atoms with Crippen molar-refractivity contribution >= 4 is 29.2 Å². The third kappa shape index (κ3) is 7.20. The van der Waals surface area contributed by atoms with Crippen LogP contribution >= 0.6 is 11.3 Å². The van der Waals surface area contributed by atoms with Crippen molar-refractivity contribution in [3.63, 3.8) is 0 Å². The van der Waals surface area contributed by atoms with Gasteiger partial charge < -0.3 is 25.6 Å². The van der Waals surface area contributed by atoms with Gasteiger partial charge in [-0.1, -0.05) is 24.3 Å². The Morgan fingerprint density at radius 1 is 1.07 bits per heavy atom. The van der Waals surface area contributed by atoms with E-state index in [0.717, 1.165) is 4.88 Å². The summed E-state index contributed by atoms with van der Waals surface area (Å²) in [4.78, 5) is 36.8. The van der Waals surface area contributed by atoms with Crippen LogP contribution in [0.4, 0.5) is 0 Å². The van der Waals surface area contributed by atoms with Crippen molar-refractivity contribution in [2.24, 2.45) is 5.73 Å². The number of carbonyl (C=O) groups is 3. The van der Waals surface area contributed by atoms with Crippen LogP contribution in [0.1, 0.15) is 35.7 Å². The number of thiophene rings is 1. The van der Waals surface area contributed by atoms with Crippen LogP contribution in [-0.2, 0) is 20.9 Å². The van der Waals surface area contributed by atoms with Crippen LogP contribution in [0.25, 0.3) is 0 Å². The maximum Gasteiger partial charge on any atom is 0.323 e. The molecule has 1 amide bonds. The van der Waals surface area contributed by atoms with Crippen molar-refractivity contribution < 1.29 is 29.3 Å². The van der Waals surface area contributed by atoms with E-state index in [1.165, 1.54) is 16.2 Å². The molecule has 0 aliphatic carbocycles. The Morgan fingerprint density at radius 2 is 1.83 bits per heavy atom. The molecule has 0 fully saturated rings. The number of carboxylic acids is 2. The Morgan fingerprint density at radius 3 is 2.48 bits per heavy atom. The summed E-state index contributed by atoms with van der Waals surface area (Å²) >= 11 is 1.43. The van der Waals surface area contributed by atoms with E-state index in [1.807, 2.05) is 17.5 Å². The van der Waals surface area contributed by atoms with Gasteiger partial charge in [-0.15, -0.1) is 11.3 Å². The van der Waals surface area contributed by atoms with Crippen LogP contribution in [0.3, 0.4) is 0 Å². The van der Waals surface area contributed by atoms with Gasteiger partial charge in [0.1, 0.15) is 18.3 Å². The predicted molar refractivity (Wildman–Crippen MR) is 108 cm³/mol. The Bertz CT molecular complexity index is 824. The lowest BCUT2D eigenvalue weighted by atomic mass is 10.0. The number of rotatable bonds is 12. The number of hydrogen-bond acceptors (Lipinski definition) is 6. The molecular formula is C20H24N2O6S. The topological polar surface area (TPSA) is 130 Å². The molecule has 1 aromatic carbocycles. The summed E-state index contributed by atoms with van der Waals surface area (Å²) in [7, 11) is 0. The van der Waals surface area contributed by atoms with Gasteiger partial charge in [-0.2, -0.15) is 0 Å². The minimum absolute atomic E-state index is 0.0654. The molecule has 156 valence electrons. The number of aliphatic carboxylic acids is 2. The molecule has 0 saturated heterocycles. The summed E-state index contributed by atoms with van der Waals surface area (Å²) in [6.07, 6.45) is 1.10. The van der Waals surface area contributed by atoms with Crippen LogP contribution in [0.5, 0.6) is 5.75 Å². The maximum atomic E-state index is 12.9. The molecule has 1 heterocycles. The lowest BCUT2D eigenvalue weighted by Gasteiger charge is -2.25. The second-order valence-corrected chi connectivity index (χ2v) is 7.41. The van der Waals surface area contributed by atoms with Gasteiger partial charge in [0, 0.05) is 16.9 Å². The molecule has 0 bridgehead atoms. The first kappa shape index (κ1) is 22.4. The molecule has 0 unspecified atom stereocenters. The summed E-state index contributed by atoms with van der Waals surface area (Å²) < 4.78 is 5.70. The zero-order valence-corrected chi connectivity index (χ0v) is 16.6. The number of para-hydroxylation sites is 1. The van der Waals surface area contributed by atoms with Gasteiger partial charge in [-0.3, -0.25) is 14.4 Å². The number of carbonyl (C=O) groups excluding carboxylic acids is 1. The zero-order chi connectivity index (χ0) is 21.2. The summed E-state index contributed by atoms with van der Waals surface area (Å²) in [5, 5.41) is 19.7. The first-order chi connectivity index (χ1) is 13.9. The van der Waals surface area contributed by atoms with Gasteiger partial charge in [0.2, 0.25) is 5.91 Å². The minimum Gasteiger partial charge on any atom is -0.493 e. The van der Waals surface area contributed by atoms with E-state index < -0.39 is 30.4 Å². The average molecular weight is 420 g/mol. The van der Waals surface area contributed by atoms with Crippen LogP contribution in [0.2, 0.25) is 0 Å². The normalized spacial score (nSPS) is 11.6. The van der Waals surface area contributed by atoms with E-state index in [4.69, 9.17) is 15.6 Å². The van der Waals surface area contributed by atoms with E-state index in [0.29, 0.717) is 30.8 Å². The summed E-state index contributed by atoms with van der Waals surface area (Å²) in [6, 6.07) is 9.39. The number of unbranched alkanes of at least 4 members (excludes halogenated alkanes) is 1. The van der Waals surface area contributed by atoms with Crippen LogP contribution < -0.4 is 10.5 Å². The van der Waals surface area contributed by atoms with Crippen molar-refractivity contribution in [1.82, 2.24) is 4.90 Å².